The summed E-state index contributed by atoms with van der Waals surface area (Å²) in [5.74, 6) is -1.00. The molecule has 0 aliphatic carbocycles. The minimum absolute atomic E-state index is 0.253. The molecule has 24 heterocycles. The van der Waals surface area contributed by atoms with E-state index in [1.807, 2.05) is 0 Å². The third-order valence-electron chi connectivity index (χ3n) is 16.1. The number of aliphatic hydroxyl groups excluding tert-OH is 17. The molecular formula is C49H69N5O32. The summed E-state index contributed by atoms with van der Waals surface area (Å²) in [5, 5.41) is 193. The number of hydrogen-bond donors (Lipinski definition) is 18. The molecule has 86 heavy (non-hydrogen) atoms. The molecule has 482 valence electrons. The fourth-order valence-electron chi connectivity index (χ4n) is 11.3. The first kappa shape index (κ1) is 64.8. The Kier molecular flexibility index (Phi) is 20.1. The second-order valence-corrected chi connectivity index (χ2v) is 21.6. The number of ether oxygens (including phenoxy) is 12. The molecule has 2 aromatic heterocycles. The minimum atomic E-state index is -2.30. The van der Waals surface area contributed by atoms with Gasteiger partial charge in [0.25, 0.3) is 5.56 Å². The molecule has 12 bridgehead atoms. The zero-order chi connectivity index (χ0) is 61.9. The van der Waals surface area contributed by atoms with Crippen molar-refractivity contribution in [1.82, 2.24) is 24.4 Å². The number of aromatic nitrogens is 4. The lowest BCUT2D eigenvalue weighted by Crippen LogP contribution is -2.69. The molecular weight excluding hydrogens is 1170 g/mol. The number of nitrogens with one attached hydrogen (secondary N) is 1. The smallest absolute Gasteiger partial charge is 0.332 e. The Labute approximate surface area is 482 Å². The van der Waals surface area contributed by atoms with E-state index in [4.69, 9.17) is 56.8 Å². The van der Waals surface area contributed by atoms with E-state index in [0.29, 0.717) is 10.1 Å². The lowest BCUT2D eigenvalue weighted by Gasteiger charge is -2.50. The van der Waals surface area contributed by atoms with E-state index < -0.39 is 248 Å². The van der Waals surface area contributed by atoms with Crippen LogP contribution >= 0.6 is 0 Å². The van der Waals surface area contributed by atoms with E-state index in [0.717, 1.165) is 11.6 Å². The predicted molar refractivity (Wildman–Crippen MR) is 268 cm³/mol. The molecule has 37 heteroatoms. The largest absolute Gasteiger partial charge is 0.394 e. The maximum Gasteiger partial charge on any atom is 0.332 e. The van der Waals surface area contributed by atoms with E-state index in [-0.39, 0.29) is 16.7 Å². The number of hydrogen-bond acceptors (Lipinski definition) is 34. The maximum atomic E-state index is 13.9. The van der Waals surface area contributed by atoms with Crippen LogP contribution in [0.2, 0.25) is 0 Å². The van der Waals surface area contributed by atoms with Crippen molar-refractivity contribution in [2.45, 2.75) is 191 Å². The number of benzene rings is 1. The predicted octanol–water partition coefficient (Wildman–Crippen LogP) is -13.3. The molecule has 25 rings (SSSR count). The van der Waals surface area contributed by atoms with Crippen LogP contribution in [-0.2, 0) is 75.2 Å². The molecule has 30 atom stereocenters. The highest BCUT2D eigenvalue weighted by Gasteiger charge is 2.59. The molecule has 1 amide bonds. The van der Waals surface area contributed by atoms with Crippen molar-refractivity contribution in [3.8, 4) is 0 Å². The number of amides is 1. The Morgan fingerprint density at radius 3 is 1.01 bits per heavy atom. The quantitative estimate of drug-likeness (QED) is 0.0885. The highest BCUT2D eigenvalue weighted by atomic mass is 16.8. The Hall–Kier alpha value is -4.19. The van der Waals surface area contributed by atoms with Crippen molar-refractivity contribution in [3.63, 3.8) is 0 Å². The third-order valence-corrected chi connectivity index (χ3v) is 16.1. The van der Waals surface area contributed by atoms with Gasteiger partial charge in [-0.05, 0) is 12.1 Å². The number of aliphatic hydroxyl groups is 17. The van der Waals surface area contributed by atoms with Gasteiger partial charge in [0.2, 0.25) is 5.91 Å². The van der Waals surface area contributed by atoms with Crippen LogP contribution in [0.5, 0.6) is 0 Å². The van der Waals surface area contributed by atoms with Gasteiger partial charge in [0.1, 0.15) is 153 Å². The van der Waals surface area contributed by atoms with Crippen LogP contribution in [0, 0.1) is 0 Å². The van der Waals surface area contributed by atoms with Crippen molar-refractivity contribution < 1.29 is 148 Å². The fraction of sp³-hybridized carbons (Fsp3) is 0.776. The van der Waals surface area contributed by atoms with Crippen molar-refractivity contribution in [1.29, 1.82) is 0 Å². The second-order valence-electron chi connectivity index (χ2n) is 21.6. The standard InChI is InChI=1S/C49H69N5O32/c1-53-42(73)22-41(52-14-5-3-2-4-13(14)51-22)54(49(53)74)7-21(60)50-6-15-35-23(61)29(67)43(75-15)82-36-16(8-55)77-45(31(69)25(36)63)84-38-18(10-57)79-47(33(71)27(38)65)86-40-20(12-59)80-48(34(72)28(40)66)85-39-19(11-58)78-46(32(70)26(39)64)83-37-17(9-56)76-44(81-35)30(68)24(37)62/h2-5,15-20,23-40,43-48,55-59,61-72H,6-12H2,1H3,(H,50,60)/t15-,16-,17-,18-,19-,20-,23-,24-,25-,26-,27-,28-,29-,30-,31-,32-,33-,34-,35-,36-,37-,38-,39-,40-,43-,44-,45-,46-,47-,48-/m1/s1. The third kappa shape index (κ3) is 12.2. The number of carbonyl (C=O) groups excluding carboxylic acids is 1. The number of carbonyl (C=O) groups is 1. The molecule has 22 aliphatic heterocycles. The van der Waals surface area contributed by atoms with Gasteiger partial charge < -0.3 is 149 Å². The number of fused-ring (bicyclic) bond motifs is 2. The first-order valence-electron chi connectivity index (χ1n) is 27.2. The van der Waals surface area contributed by atoms with Crippen molar-refractivity contribution in [2.75, 3.05) is 39.6 Å². The Morgan fingerprint density at radius 1 is 0.430 bits per heavy atom. The summed E-state index contributed by atoms with van der Waals surface area (Å²) in [6.45, 7) is -6.96. The summed E-state index contributed by atoms with van der Waals surface area (Å²) in [5.41, 5.74) is -1.84. The Bertz CT molecular complexity index is 2920. The zero-order valence-electron chi connectivity index (χ0n) is 45.1. The van der Waals surface area contributed by atoms with Gasteiger partial charge in [-0.1, -0.05) is 12.1 Å². The molecule has 37 nitrogen and oxygen atoms in total. The summed E-state index contributed by atoms with van der Waals surface area (Å²) < 4.78 is 71.1. The van der Waals surface area contributed by atoms with Gasteiger partial charge >= 0.3 is 5.69 Å². The van der Waals surface area contributed by atoms with E-state index >= 15 is 0 Å². The van der Waals surface area contributed by atoms with E-state index in [1.165, 1.54) is 0 Å². The monoisotopic (exact) mass is 1240 g/mol. The minimum Gasteiger partial charge on any atom is -0.394 e. The summed E-state index contributed by atoms with van der Waals surface area (Å²) in [6.07, 6.45) is -61.4. The van der Waals surface area contributed by atoms with Crippen molar-refractivity contribution >= 4 is 28.1 Å². The van der Waals surface area contributed by atoms with Gasteiger partial charge in [0.05, 0.1) is 44.1 Å². The molecule has 0 unspecified atom stereocenters. The Balaban J connectivity index is 0.961. The lowest BCUT2D eigenvalue weighted by atomic mass is 9.94. The average molecular weight is 1240 g/mol. The highest BCUT2D eigenvalue weighted by Crippen LogP contribution is 2.38. The molecule has 18 N–H and O–H groups in total. The van der Waals surface area contributed by atoms with Crippen molar-refractivity contribution in [3.05, 3.63) is 45.1 Å². The molecule has 22 fully saturated rings. The molecule has 22 aliphatic rings. The maximum absolute atomic E-state index is 13.9. The Morgan fingerprint density at radius 2 is 0.709 bits per heavy atom. The van der Waals surface area contributed by atoms with Gasteiger partial charge in [-0.25, -0.2) is 14.8 Å². The zero-order valence-corrected chi connectivity index (χ0v) is 45.1. The molecule has 22 saturated heterocycles. The molecule has 0 saturated carbocycles. The van der Waals surface area contributed by atoms with Crippen LogP contribution in [0.15, 0.2) is 33.9 Å². The summed E-state index contributed by atoms with van der Waals surface area (Å²) in [6, 6.07) is 6.36. The van der Waals surface area contributed by atoms with Crippen LogP contribution < -0.4 is 16.6 Å². The van der Waals surface area contributed by atoms with Gasteiger partial charge in [-0.3, -0.25) is 18.7 Å². The second kappa shape index (κ2) is 26.7. The average Bonchev–Trinajstić information content (AvgIpc) is 1.75. The van der Waals surface area contributed by atoms with Crippen molar-refractivity contribution in [2.24, 2.45) is 7.05 Å². The normalized spacial score (nSPS) is 45.2. The molecule has 3 aromatic rings. The van der Waals surface area contributed by atoms with Gasteiger partial charge in [0, 0.05) is 13.6 Å². The first-order valence-corrected chi connectivity index (χ1v) is 27.2. The summed E-state index contributed by atoms with van der Waals surface area (Å²) in [4.78, 5) is 49.5. The first-order chi connectivity index (χ1) is 41.0. The number of nitrogens with zero attached hydrogens (tertiary/aromatic N) is 4. The molecule has 0 spiro atoms. The molecule has 0 radical (unpaired) electrons. The number of para-hydroxylation sites is 2. The van der Waals surface area contributed by atoms with Gasteiger partial charge in [-0.2, -0.15) is 0 Å². The number of rotatable bonds is 9. The fourth-order valence-corrected chi connectivity index (χ4v) is 11.3. The summed E-state index contributed by atoms with van der Waals surface area (Å²) >= 11 is 0. The molecule has 1 aromatic carbocycles. The van der Waals surface area contributed by atoms with Crippen LogP contribution in [0.25, 0.3) is 22.2 Å². The summed E-state index contributed by atoms with van der Waals surface area (Å²) in [7, 11) is 1.14. The SMILES string of the molecule is Cn1c(=O)c2nc3ccccc3nc2n(CC(=O)NC[C@H]2O[C@@H]3O[C@H]4[C@H](O)[C@@H](O)[C@@H](O[C@H]5[C@H](O)[C@@H](O)[C@@H](O[C@H]6[C@H](O)[C@@H](O)[C@@H](O[C@H]7[C@H](O)[C@@H](O)[C@@H](O[C@H]8[C@H](O)[C@@H](O)[C@@H](O[C@H]2[C@H](O)[C@H]3O)O[C@@H]8CO)O[C@@H]7CO)O[C@@H]6CO)O[C@@H]5CO)O[C@@H]4CO)c1=O. The van der Waals surface area contributed by atoms with Crippen LogP contribution in [0.1, 0.15) is 0 Å². The lowest BCUT2D eigenvalue weighted by molar-refractivity contribution is -0.403. The van der Waals surface area contributed by atoms with E-state index in [9.17, 15) is 101 Å². The topological polar surface area (TPSA) is 554 Å². The van der Waals surface area contributed by atoms with Gasteiger partial charge in [-0.15, -0.1) is 0 Å². The van der Waals surface area contributed by atoms with E-state index in [1.54, 1.807) is 24.3 Å². The van der Waals surface area contributed by atoms with Crippen LogP contribution in [-0.4, -0.2) is 336 Å². The highest BCUT2D eigenvalue weighted by molar-refractivity contribution is 5.85. The van der Waals surface area contributed by atoms with Gasteiger partial charge in [0.15, 0.2) is 48.9 Å². The van der Waals surface area contributed by atoms with E-state index in [2.05, 4.69) is 15.3 Å². The van der Waals surface area contributed by atoms with Crippen LogP contribution in [0.4, 0.5) is 0 Å². The van der Waals surface area contributed by atoms with Crippen LogP contribution in [0.3, 0.4) is 0 Å².